The highest BCUT2D eigenvalue weighted by molar-refractivity contribution is 7.10. The molecule has 136 valence electrons. The van der Waals surface area contributed by atoms with Gasteiger partial charge in [-0.2, -0.15) is 0 Å². The van der Waals surface area contributed by atoms with Crippen LogP contribution in [0.25, 0.3) is 11.5 Å². The van der Waals surface area contributed by atoms with E-state index >= 15 is 0 Å². The predicted molar refractivity (Wildman–Crippen MR) is 106 cm³/mol. The van der Waals surface area contributed by atoms with Crippen molar-refractivity contribution < 1.29 is 8.81 Å². The quantitative estimate of drug-likeness (QED) is 0.440. The Morgan fingerprint density at radius 3 is 2.81 bits per heavy atom. The second kappa shape index (κ2) is 7.03. The van der Waals surface area contributed by atoms with Gasteiger partial charge in [-0.25, -0.2) is 9.37 Å². The number of hydrogen-bond acceptors (Lipinski definition) is 5. The fraction of sp³-hybridized carbons (Fsp3) is 0.190. The first-order chi connectivity index (χ1) is 13.3. The van der Waals surface area contributed by atoms with Gasteiger partial charge < -0.3 is 4.42 Å². The maximum Gasteiger partial charge on any atom is 0.226 e. The molecule has 0 saturated heterocycles. The molecule has 1 aliphatic heterocycles. The molecule has 0 fully saturated rings. The normalized spacial score (nSPS) is 17.1. The SMILES string of the molecule is Fc1ccc(-c2nc(CN3CCc4sccc4C3c3cccs3)co2)cc1. The Morgan fingerprint density at radius 1 is 1.11 bits per heavy atom. The van der Waals surface area contributed by atoms with Crippen LogP contribution in [0.3, 0.4) is 0 Å². The van der Waals surface area contributed by atoms with Crippen molar-refractivity contribution in [3.05, 3.63) is 86.3 Å². The maximum atomic E-state index is 13.1. The Bertz CT molecular complexity index is 1040. The van der Waals surface area contributed by atoms with Crippen LogP contribution in [-0.4, -0.2) is 16.4 Å². The maximum absolute atomic E-state index is 13.1. The van der Waals surface area contributed by atoms with Crippen LogP contribution in [0, 0.1) is 5.82 Å². The summed E-state index contributed by atoms with van der Waals surface area (Å²) in [6.07, 6.45) is 2.78. The number of halogens is 1. The van der Waals surface area contributed by atoms with E-state index < -0.39 is 0 Å². The molecule has 5 rings (SSSR count). The van der Waals surface area contributed by atoms with Crippen LogP contribution in [0.5, 0.6) is 0 Å². The monoisotopic (exact) mass is 396 g/mol. The number of benzene rings is 1. The topological polar surface area (TPSA) is 29.3 Å². The van der Waals surface area contributed by atoms with Gasteiger partial charge in [0.1, 0.15) is 12.1 Å². The lowest BCUT2D eigenvalue weighted by molar-refractivity contribution is 0.206. The molecular weight excluding hydrogens is 379 g/mol. The van der Waals surface area contributed by atoms with Gasteiger partial charge in [0.2, 0.25) is 5.89 Å². The van der Waals surface area contributed by atoms with E-state index in [1.807, 2.05) is 11.3 Å². The first-order valence-electron chi connectivity index (χ1n) is 8.82. The summed E-state index contributed by atoms with van der Waals surface area (Å²) in [4.78, 5) is 9.95. The van der Waals surface area contributed by atoms with Gasteiger partial charge in [-0.1, -0.05) is 6.07 Å². The second-order valence-electron chi connectivity index (χ2n) is 6.59. The fourth-order valence-corrected chi connectivity index (χ4v) is 5.41. The van der Waals surface area contributed by atoms with Crippen molar-refractivity contribution in [1.29, 1.82) is 0 Å². The Labute approximate surface area is 164 Å². The Kier molecular flexibility index (Phi) is 4.39. The van der Waals surface area contributed by atoms with Crippen molar-refractivity contribution in [2.45, 2.75) is 19.0 Å². The smallest absolute Gasteiger partial charge is 0.226 e. The number of nitrogens with zero attached hydrogens (tertiary/aromatic N) is 2. The zero-order chi connectivity index (χ0) is 18.2. The van der Waals surface area contributed by atoms with Gasteiger partial charge in [-0.15, -0.1) is 22.7 Å². The van der Waals surface area contributed by atoms with Gasteiger partial charge in [-0.3, -0.25) is 4.90 Å². The van der Waals surface area contributed by atoms with Gasteiger partial charge >= 0.3 is 0 Å². The van der Waals surface area contributed by atoms with E-state index in [4.69, 9.17) is 4.42 Å². The Balaban J connectivity index is 1.42. The highest BCUT2D eigenvalue weighted by atomic mass is 32.1. The molecule has 0 spiro atoms. The molecule has 4 heterocycles. The largest absolute Gasteiger partial charge is 0.444 e. The molecule has 1 atom stereocenters. The van der Waals surface area contributed by atoms with Crippen LogP contribution < -0.4 is 0 Å². The molecule has 6 heteroatoms. The molecule has 0 radical (unpaired) electrons. The molecule has 3 nitrogen and oxygen atoms in total. The highest BCUT2D eigenvalue weighted by Gasteiger charge is 2.30. The van der Waals surface area contributed by atoms with Crippen molar-refractivity contribution >= 4 is 22.7 Å². The third kappa shape index (κ3) is 3.25. The molecule has 27 heavy (non-hydrogen) atoms. The van der Waals surface area contributed by atoms with E-state index in [9.17, 15) is 4.39 Å². The number of aromatic nitrogens is 1. The number of rotatable bonds is 4. The standard InChI is InChI=1S/C21H17FN2OS2/c22-15-5-3-14(4-6-15)21-23-16(13-25-21)12-24-9-7-18-17(8-11-27-18)20(24)19-2-1-10-26-19/h1-6,8,10-11,13,20H,7,9,12H2. The predicted octanol–water partition coefficient (Wildman–Crippen LogP) is 5.75. The Morgan fingerprint density at radius 2 is 2.00 bits per heavy atom. The average Bonchev–Trinajstić information content (AvgIpc) is 3.44. The molecule has 0 amide bonds. The van der Waals surface area contributed by atoms with Gasteiger partial charge in [0.25, 0.3) is 0 Å². The molecule has 1 aliphatic rings. The summed E-state index contributed by atoms with van der Waals surface area (Å²) < 4.78 is 18.8. The summed E-state index contributed by atoms with van der Waals surface area (Å²) in [5.74, 6) is 0.273. The van der Waals surface area contributed by atoms with Gasteiger partial charge in [0, 0.05) is 28.4 Å². The van der Waals surface area contributed by atoms with Crippen molar-refractivity contribution in [3.63, 3.8) is 0 Å². The van der Waals surface area contributed by atoms with Crippen LogP contribution in [0.1, 0.15) is 27.1 Å². The first kappa shape index (κ1) is 16.9. The third-order valence-corrected chi connectivity index (χ3v) is 6.81. The van der Waals surface area contributed by atoms with Crippen LogP contribution >= 0.6 is 22.7 Å². The second-order valence-corrected chi connectivity index (χ2v) is 8.57. The van der Waals surface area contributed by atoms with Crippen molar-refractivity contribution in [3.8, 4) is 11.5 Å². The molecule has 1 unspecified atom stereocenters. The van der Waals surface area contributed by atoms with Gasteiger partial charge in [0.05, 0.1) is 11.7 Å². The van der Waals surface area contributed by atoms with E-state index in [1.54, 1.807) is 29.7 Å². The minimum Gasteiger partial charge on any atom is -0.444 e. The van der Waals surface area contributed by atoms with Crippen molar-refractivity contribution in [2.24, 2.45) is 0 Å². The lowest BCUT2D eigenvalue weighted by atomic mass is 9.98. The summed E-state index contributed by atoms with van der Waals surface area (Å²) >= 11 is 3.65. The molecule has 3 aromatic heterocycles. The molecular formula is C21H17FN2OS2. The zero-order valence-corrected chi connectivity index (χ0v) is 16.1. The van der Waals surface area contributed by atoms with E-state index in [-0.39, 0.29) is 11.9 Å². The van der Waals surface area contributed by atoms with Crippen LogP contribution in [-0.2, 0) is 13.0 Å². The number of oxazole rings is 1. The van der Waals surface area contributed by atoms with E-state index in [2.05, 4.69) is 38.8 Å². The fourth-order valence-electron chi connectivity index (χ4n) is 3.63. The highest BCUT2D eigenvalue weighted by Crippen LogP contribution is 2.40. The van der Waals surface area contributed by atoms with E-state index in [1.165, 1.54) is 27.5 Å². The minimum atomic E-state index is -0.260. The Hall–Kier alpha value is -2.28. The number of thiophene rings is 2. The van der Waals surface area contributed by atoms with Crippen molar-refractivity contribution in [2.75, 3.05) is 6.54 Å². The third-order valence-electron chi connectivity index (χ3n) is 4.89. The first-order valence-corrected chi connectivity index (χ1v) is 10.6. The van der Waals surface area contributed by atoms with E-state index in [0.29, 0.717) is 5.89 Å². The summed E-state index contributed by atoms with van der Waals surface area (Å²) in [6.45, 7) is 1.72. The van der Waals surface area contributed by atoms with Gasteiger partial charge in [-0.05, 0) is 59.1 Å². The molecule has 0 bridgehead atoms. The summed E-state index contributed by atoms with van der Waals surface area (Å²) in [5, 5.41) is 4.33. The van der Waals surface area contributed by atoms with E-state index in [0.717, 1.165) is 30.8 Å². The van der Waals surface area contributed by atoms with Crippen molar-refractivity contribution in [1.82, 2.24) is 9.88 Å². The summed E-state index contributed by atoms with van der Waals surface area (Å²) in [5.41, 5.74) is 3.10. The molecule has 0 saturated carbocycles. The zero-order valence-electron chi connectivity index (χ0n) is 14.5. The number of fused-ring (bicyclic) bond motifs is 1. The van der Waals surface area contributed by atoms with Gasteiger partial charge in [0.15, 0.2) is 0 Å². The van der Waals surface area contributed by atoms with Crippen LogP contribution in [0.2, 0.25) is 0 Å². The van der Waals surface area contributed by atoms with Crippen LogP contribution in [0.15, 0.2) is 63.9 Å². The lowest BCUT2D eigenvalue weighted by Gasteiger charge is -2.34. The average molecular weight is 397 g/mol. The number of hydrogen-bond donors (Lipinski definition) is 0. The minimum absolute atomic E-state index is 0.260. The lowest BCUT2D eigenvalue weighted by Crippen LogP contribution is -2.34. The van der Waals surface area contributed by atoms with Crippen LogP contribution in [0.4, 0.5) is 4.39 Å². The summed E-state index contributed by atoms with van der Waals surface area (Å²) in [6, 6.07) is 13.1. The molecule has 1 aromatic carbocycles. The summed E-state index contributed by atoms with van der Waals surface area (Å²) in [7, 11) is 0. The molecule has 0 aliphatic carbocycles. The molecule has 0 N–H and O–H groups in total. The molecule has 4 aromatic rings.